The molecule has 7 nitrogen and oxygen atoms in total. The van der Waals surface area contributed by atoms with E-state index in [-0.39, 0.29) is 6.10 Å². The summed E-state index contributed by atoms with van der Waals surface area (Å²) in [5.74, 6) is 0.472. The number of aryl methyl sites for hydroxylation is 1. The van der Waals surface area contributed by atoms with Crippen molar-refractivity contribution in [2.75, 3.05) is 19.7 Å². The molecule has 0 radical (unpaired) electrons. The molecule has 3 heterocycles. The second-order valence-electron chi connectivity index (χ2n) is 6.48. The Labute approximate surface area is 161 Å². The van der Waals surface area contributed by atoms with Gasteiger partial charge in [-0.3, -0.25) is 0 Å². The first-order chi connectivity index (χ1) is 13.1. The van der Waals surface area contributed by atoms with Gasteiger partial charge >= 0.3 is 6.09 Å². The topological polar surface area (TPSA) is 91.4 Å². The number of ether oxygens (including phenoxy) is 2. The first-order valence-corrected chi connectivity index (χ1v) is 9.89. The van der Waals surface area contributed by atoms with Crippen LogP contribution >= 0.6 is 11.3 Å². The first kappa shape index (κ1) is 18.0. The SMILES string of the molecule is CCn1cc(OC(N)=O)c2cc(-c3nc(CC4CNCCO4)cs3)ccc21. The summed E-state index contributed by atoms with van der Waals surface area (Å²) in [4.78, 5) is 16.0. The molecule has 1 amide bonds. The molecule has 1 aliphatic rings. The molecule has 1 aliphatic heterocycles. The van der Waals surface area contributed by atoms with Gasteiger partial charge in [0, 0.05) is 48.6 Å². The Morgan fingerprint density at radius 2 is 2.41 bits per heavy atom. The fraction of sp³-hybridized carbons (Fsp3) is 0.368. The average Bonchev–Trinajstić information content (AvgIpc) is 3.27. The van der Waals surface area contributed by atoms with Crippen molar-refractivity contribution in [2.24, 2.45) is 5.73 Å². The number of thiazole rings is 1. The van der Waals surface area contributed by atoms with Crippen LogP contribution in [0.5, 0.6) is 5.75 Å². The Morgan fingerprint density at radius 3 is 3.15 bits per heavy atom. The van der Waals surface area contributed by atoms with Gasteiger partial charge in [0.25, 0.3) is 0 Å². The van der Waals surface area contributed by atoms with E-state index in [4.69, 9.17) is 20.2 Å². The van der Waals surface area contributed by atoms with E-state index in [1.54, 1.807) is 17.5 Å². The molecule has 1 aromatic carbocycles. The fourth-order valence-electron chi connectivity index (χ4n) is 3.37. The molecule has 27 heavy (non-hydrogen) atoms. The number of carbonyl (C=O) groups excluding carboxylic acids is 1. The third-order valence-corrected chi connectivity index (χ3v) is 5.58. The van der Waals surface area contributed by atoms with Gasteiger partial charge in [0.15, 0.2) is 5.75 Å². The molecule has 1 saturated heterocycles. The summed E-state index contributed by atoms with van der Waals surface area (Å²) in [7, 11) is 0. The molecule has 4 rings (SSSR count). The zero-order chi connectivity index (χ0) is 18.8. The lowest BCUT2D eigenvalue weighted by Crippen LogP contribution is -2.39. The second-order valence-corrected chi connectivity index (χ2v) is 7.34. The summed E-state index contributed by atoms with van der Waals surface area (Å²) in [6.07, 6.45) is 1.96. The largest absolute Gasteiger partial charge is 0.410 e. The molecule has 2 aromatic heterocycles. The standard InChI is InChI=1S/C19H22N4O3S/c1-2-23-10-17(26-19(20)24)15-7-12(3-4-16(15)23)18-22-13(11-27-18)8-14-9-21-5-6-25-14/h3-4,7,10-11,14,21H,2,5-6,8-9H2,1H3,(H2,20,24). The lowest BCUT2D eigenvalue weighted by Gasteiger charge is -2.22. The van der Waals surface area contributed by atoms with Gasteiger partial charge in [-0.05, 0) is 25.1 Å². The van der Waals surface area contributed by atoms with E-state index in [0.29, 0.717) is 5.75 Å². The third-order valence-electron chi connectivity index (χ3n) is 4.64. The van der Waals surface area contributed by atoms with Crippen molar-refractivity contribution >= 4 is 28.3 Å². The fourth-order valence-corrected chi connectivity index (χ4v) is 4.20. The molecule has 0 bridgehead atoms. The minimum Gasteiger partial charge on any atom is -0.408 e. The highest BCUT2D eigenvalue weighted by Crippen LogP contribution is 2.33. The number of aromatic nitrogens is 2. The second kappa shape index (κ2) is 7.67. The Kier molecular flexibility index (Phi) is 5.11. The van der Waals surface area contributed by atoms with Gasteiger partial charge in [0.05, 0.1) is 23.9 Å². The summed E-state index contributed by atoms with van der Waals surface area (Å²) in [5, 5.41) is 7.21. The first-order valence-electron chi connectivity index (χ1n) is 9.01. The zero-order valence-corrected chi connectivity index (χ0v) is 15.9. The molecule has 0 aliphatic carbocycles. The number of carbonyl (C=O) groups is 1. The number of nitrogens with zero attached hydrogens (tertiary/aromatic N) is 2. The molecule has 3 N–H and O–H groups in total. The highest BCUT2D eigenvalue weighted by molar-refractivity contribution is 7.13. The molecule has 0 saturated carbocycles. The minimum atomic E-state index is -0.812. The predicted molar refractivity (Wildman–Crippen MR) is 105 cm³/mol. The van der Waals surface area contributed by atoms with Crippen molar-refractivity contribution in [3.63, 3.8) is 0 Å². The number of fused-ring (bicyclic) bond motifs is 1. The Hall–Kier alpha value is -2.42. The number of hydrogen-bond donors (Lipinski definition) is 2. The average molecular weight is 386 g/mol. The van der Waals surface area contributed by atoms with Crippen LogP contribution in [0.3, 0.4) is 0 Å². The van der Waals surface area contributed by atoms with E-state index in [9.17, 15) is 4.79 Å². The third kappa shape index (κ3) is 3.83. The molecular formula is C19H22N4O3S. The van der Waals surface area contributed by atoms with Crippen molar-refractivity contribution < 1.29 is 14.3 Å². The summed E-state index contributed by atoms with van der Waals surface area (Å²) in [6, 6.07) is 6.07. The van der Waals surface area contributed by atoms with Crippen LogP contribution in [0.1, 0.15) is 12.6 Å². The van der Waals surface area contributed by atoms with Crippen LogP contribution in [0, 0.1) is 0 Å². The van der Waals surface area contributed by atoms with Gasteiger partial charge in [0.1, 0.15) is 5.01 Å². The van der Waals surface area contributed by atoms with Crippen molar-refractivity contribution in [1.29, 1.82) is 0 Å². The number of nitrogens with one attached hydrogen (secondary N) is 1. The Balaban J connectivity index is 1.62. The summed E-state index contributed by atoms with van der Waals surface area (Å²) in [5.41, 5.74) is 8.23. The maximum Gasteiger partial charge on any atom is 0.410 e. The van der Waals surface area contributed by atoms with E-state index in [1.165, 1.54) is 0 Å². The zero-order valence-electron chi connectivity index (χ0n) is 15.1. The lowest BCUT2D eigenvalue weighted by atomic mass is 10.1. The number of benzene rings is 1. The van der Waals surface area contributed by atoms with E-state index in [0.717, 1.165) is 59.8 Å². The number of amides is 1. The van der Waals surface area contributed by atoms with Crippen LogP contribution in [0.25, 0.3) is 21.5 Å². The highest BCUT2D eigenvalue weighted by Gasteiger charge is 2.17. The van der Waals surface area contributed by atoms with Gasteiger partial charge < -0.3 is 25.1 Å². The molecule has 3 aromatic rings. The molecule has 1 atom stereocenters. The normalized spacial score (nSPS) is 17.3. The number of morpholine rings is 1. The van der Waals surface area contributed by atoms with Crippen LogP contribution in [-0.2, 0) is 17.7 Å². The number of hydrogen-bond acceptors (Lipinski definition) is 6. The molecule has 0 spiro atoms. The minimum absolute atomic E-state index is 0.172. The van der Waals surface area contributed by atoms with Crippen LogP contribution in [0.2, 0.25) is 0 Å². The van der Waals surface area contributed by atoms with E-state index >= 15 is 0 Å². The smallest absolute Gasteiger partial charge is 0.408 e. The number of primary amides is 1. The summed E-state index contributed by atoms with van der Waals surface area (Å²) in [6.45, 7) is 5.32. The molecular weight excluding hydrogens is 364 g/mol. The van der Waals surface area contributed by atoms with Gasteiger partial charge in [-0.15, -0.1) is 11.3 Å². The summed E-state index contributed by atoms with van der Waals surface area (Å²) >= 11 is 1.61. The van der Waals surface area contributed by atoms with Crippen LogP contribution in [-0.4, -0.2) is 41.4 Å². The van der Waals surface area contributed by atoms with Crippen LogP contribution < -0.4 is 15.8 Å². The Morgan fingerprint density at radius 1 is 1.52 bits per heavy atom. The molecule has 8 heteroatoms. The van der Waals surface area contributed by atoms with E-state index in [2.05, 4.69) is 10.7 Å². The van der Waals surface area contributed by atoms with Crippen molar-refractivity contribution in [3.05, 3.63) is 35.5 Å². The van der Waals surface area contributed by atoms with Crippen LogP contribution in [0.15, 0.2) is 29.8 Å². The number of rotatable bonds is 5. The lowest BCUT2D eigenvalue weighted by molar-refractivity contribution is 0.0287. The Bertz CT molecular complexity index is 959. The number of nitrogens with two attached hydrogens (primary N) is 1. The van der Waals surface area contributed by atoms with Gasteiger partial charge in [-0.2, -0.15) is 0 Å². The highest BCUT2D eigenvalue weighted by atomic mass is 32.1. The summed E-state index contributed by atoms with van der Waals surface area (Å²) < 4.78 is 13.0. The van der Waals surface area contributed by atoms with Crippen LogP contribution in [0.4, 0.5) is 4.79 Å². The molecule has 1 fully saturated rings. The van der Waals surface area contributed by atoms with Gasteiger partial charge in [-0.1, -0.05) is 0 Å². The monoisotopic (exact) mass is 386 g/mol. The van der Waals surface area contributed by atoms with E-state index < -0.39 is 6.09 Å². The van der Waals surface area contributed by atoms with Gasteiger partial charge in [0.2, 0.25) is 0 Å². The van der Waals surface area contributed by atoms with Crippen molar-refractivity contribution in [2.45, 2.75) is 26.0 Å². The molecule has 142 valence electrons. The quantitative estimate of drug-likeness (QED) is 0.704. The maximum absolute atomic E-state index is 11.2. The molecule has 1 unspecified atom stereocenters. The predicted octanol–water partition coefficient (Wildman–Crippen LogP) is 2.77. The van der Waals surface area contributed by atoms with E-state index in [1.807, 2.05) is 29.7 Å². The van der Waals surface area contributed by atoms with Gasteiger partial charge in [-0.25, -0.2) is 9.78 Å². The van der Waals surface area contributed by atoms with Crippen molar-refractivity contribution in [1.82, 2.24) is 14.9 Å². The maximum atomic E-state index is 11.2. The van der Waals surface area contributed by atoms with Crippen molar-refractivity contribution in [3.8, 4) is 16.3 Å².